The van der Waals surface area contributed by atoms with Gasteiger partial charge in [0.15, 0.2) is 11.3 Å². The predicted octanol–water partition coefficient (Wildman–Crippen LogP) is 4.31. The Balaban J connectivity index is 2.14. The molecule has 3 amide bonds. The zero-order valence-corrected chi connectivity index (χ0v) is 15.0. The average Bonchev–Trinajstić information content (AvgIpc) is 2.77. The molecule has 0 saturated carbocycles. The summed E-state index contributed by atoms with van der Waals surface area (Å²) < 4.78 is 0. The molecule has 0 aromatic heterocycles. The Hall–Kier alpha value is -2.37. The van der Waals surface area contributed by atoms with Crippen LogP contribution in [0.3, 0.4) is 0 Å². The Bertz CT molecular complexity index is 865. The van der Waals surface area contributed by atoms with Crippen LogP contribution >= 0.6 is 23.2 Å². The Morgan fingerprint density at radius 1 is 0.880 bits per heavy atom. The van der Waals surface area contributed by atoms with E-state index in [0.29, 0.717) is 21.4 Å². The fraction of sp³-hybridized carbons (Fsp3) is 0.167. The van der Waals surface area contributed by atoms with Gasteiger partial charge in [-0.3, -0.25) is 14.5 Å². The van der Waals surface area contributed by atoms with Crippen molar-refractivity contribution >= 4 is 52.3 Å². The zero-order chi connectivity index (χ0) is 18.4. The van der Waals surface area contributed by atoms with Crippen molar-refractivity contribution in [2.45, 2.75) is 19.4 Å². The van der Waals surface area contributed by atoms with Crippen LogP contribution in [0.4, 0.5) is 16.2 Å². The molecule has 0 N–H and O–H groups in total. The third-order valence-corrected chi connectivity index (χ3v) is 4.81. The lowest BCUT2D eigenvalue weighted by molar-refractivity contribution is -0.130. The van der Waals surface area contributed by atoms with Crippen LogP contribution in [0.15, 0.2) is 48.5 Å². The molecule has 0 unspecified atom stereocenters. The molecule has 0 aliphatic carbocycles. The van der Waals surface area contributed by atoms with Crippen LogP contribution in [-0.2, 0) is 9.59 Å². The maximum absolute atomic E-state index is 13.0. The van der Waals surface area contributed by atoms with Crippen LogP contribution in [0.25, 0.3) is 0 Å². The Morgan fingerprint density at radius 2 is 1.32 bits per heavy atom. The number of imide groups is 1. The van der Waals surface area contributed by atoms with E-state index in [4.69, 9.17) is 23.2 Å². The standard InChI is InChI=1S/C18H14Cl2N2O3/c1-11(23)18(2)16(24)21(14-7-3-12(19)4-8-14)17(25)22(18)15-9-5-13(20)6-10-15/h3-10H,1-2H3/t18-/m1/s1. The highest BCUT2D eigenvalue weighted by molar-refractivity contribution is 6.37. The van der Waals surface area contributed by atoms with Gasteiger partial charge in [0.25, 0.3) is 5.91 Å². The van der Waals surface area contributed by atoms with E-state index >= 15 is 0 Å². The van der Waals surface area contributed by atoms with Gasteiger partial charge in [-0.15, -0.1) is 0 Å². The van der Waals surface area contributed by atoms with Gasteiger partial charge in [-0.05, 0) is 62.4 Å². The Morgan fingerprint density at radius 3 is 1.76 bits per heavy atom. The van der Waals surface area contributed by atoms with E-state index in [2.05, 4.69) is 0 Å². The molecule has 1 atom stereocenters. The molecule has 25 heavy (non-hydrogen) atoms. The molecular weight excluding hydrogens is 363 g/mol. The highest BCUT2D eigenvalue weighted by Gasteiger charge is 2.58. The molecule has 2 aromatic carbocycles. The summed E-state index contributed by atoms with van der Waals surface area (Å²) in [7, 11) is 0. The lowest BCUT2D eigenvalue weighted by Crippen LogP contribution is -2.53. The highest BCUT2D eigenvalue weighted by Crippen LogP contribution is 2.37. The smallest absolute Gasteiger partial charge is 0.297 e. The van der Waals surface area contributed by atoms with Crippen molar-refractivity contribution in [3.05, 3.63) is 58.6 Å². The van der Waals surface area contributed by atoms with Gasteiger partial charge in [0.2, 0.25) is 0 Å². The summed E-state index contributed by atoms with van der Waals surface area (Å²) >= 11 is 11.8. The van der Waals surface area contributed by atoms with Crippen LogP contribution in [0.5, 0.6) is 0 Å². The molecule has 1 aliphatic rings. The SMILES string of the molecule is CC(=O)[C@]1(C)C(=O)N(c2ccc(Cl)cc2)C(=O)N1c1ccc(Cl)cc1. The lowest BCUT2D eigenvalue weighted by Gasteiger charge is -2.29. The summed E-state index contributed by atoms with van der Waals surface area (Å²) in [5.74, 6) is -1.04. The van der Waals surface area contributed by atoms with Crippen LogP contribution in [0.1, 0.15) is 13.8 Å². The lowest BCUT2D eigenvalue weighted by atomic mass is 9.95. The first-order valence-corrected chi connectivity index (χ1v) is 8.23. The molecule has 2 aromatic rings. The molecule has 7 heteroatoms. The van der Waals surface area contributed by atoms with Gasteiger partial charge in [-0.25, -0.2) is 9.69 Å². The quantitative estimate of drug-likeness (QED) is 0.592. The van der Waals surface area contributed by atoms with Gasteiger partial charge >= 0.3 is 6.03 Å². The van der Waals surface area contributed by atoms with E-state index in [1.807, 2.05) is 0 Å². The van der Waals surface area contributed by atoms with Crippen LogP contribution in [-0.4, -0.2) is 23.3 Å². The van der Waals surface area contributed by atoms with E-state index in [0.717, 1.165) is 4.90 Å². The molecule has 5 nitrogen and oxygen atoms in total. The predicted molar refractivity (Wildman–Crippen MR) is 97.4 cm³/mol. The normalized spacial score (nSPS) is 20.3. The van der Waals surface area contributed by atoms with E-state index in [9.17, 15) is 14.4 Å². The Labute approximate surface area is 154 Å². The summed E-state index contributed by atoms with van der Waals surface area (Å²) in [6.07, 6.45) is 0. The topological polar surface area (TPSA) is 57.7 Å². The first-order valence-electron chi connectivity index (χ1n) is 7.47. The van der Waals surface area contributed by atoms with E-state index < -0.39 is 23.3 Å². The van der Waals surface area contributed by atoms with Crippen LogP contribution < -0.4 is 9.80 Å². The fourth-order valence-electron chi connectivity index (χ4n) is 2.78. The molecule has 1 heterocycles. The van der Waals surface area contributed by atoms with Crippen molar-refractivity contribution in [2.24, 2.45) is 0 Å². The second-order valence-corrected chi connectivity index (χ2v) is 6.71. The Kier molecular flexibility index (Phi) is 4.31. The molecule has 1 aliphatic heterocycles. The van der Waals surface area contributed by atoms with Gasteiger partial charge in [-0.1, -0.05) is 23.2 Å². The largest absolute Gasteiger partial charge is 0.337 e. The number of nitrogens with zero attached hydrogens (tertiary/aromatic N) is 2. The number of carbonyl (C=O) groups is 3. The number of benzene rings is 2. The summed E-state index contributed by atoms with van der Waals surface area (Å²) in [4.78, 5) is 40.5. The molecule has 1 fully saturated rings. The number of urea groups is 1. The fourth-order valence-corrected chi connectivity index (χ4v) is 3.03. The molecule has 3 rings (SSSR count). The van der Waals surface area contributed by atoms with Gasteiger partial charge in [0.1, 0.15) is 0 Å². The number of rotatable bonds is 3. The third kappa shape index (κ3) is 2.69. The number of carbonyl (C=O) groups excluding carboxylic acids is 3. The van der Waals surface area contributed by atoms with Crippen molar-refractivity contribution in [2.75, 3.05) is 9.80 Å². The van der Waals surface area contributed by atoms with Gasteiger partial charge in [0, 0.05) is 15.7 Å². The van der Waals surface area contributed by atoms with Gasteiger partial charge in [-0.2, -0.15) is 0 Å². The minimum atomic E-state index is -1.63. The van der Waals surface area contributed by atoms with Crippen molar-refractivity contribution in [3.63, 3.8) is 0 Å². The number of halogens is 2. The average molecular weight is 377 g/mol. The monoisotopic (exact) mass is 376 g/mol. The first kappa shape index (κ1) is 17.5. The second kappa shape index (κ2) is 6.17. The van der Waals surface area contributed by atoms with E-state index in [1.54, 1.807) is 48.5 Å². The molecule has 1 saturated heterocycles. The molecule has 128 valence electrons. The summed E-state index contributed by atoms with van der Waals surface area (Å²) in [5.41, 5.74) is -0.870. The van der Waals surface area contributed by atoms with E-state index in [1.165, 1.54) is 18.7 Å². The number of hydrogen-bond donors (Lipinski definition) is 0. The third-order valence-electron chi connectivity index (χ3n) is 4.30. The number of hydrogen-bond acceptors (Lipinski definition) is 3. The number of ketones is 1. The van der Waals surface area contributed by atoms with Crippen LogP contribution in [0, 0.1) is 0 Å². The summed E-state index contributed by atoms with van der Waals surface area (Å²) in [6.45, 7) is 2.74. The summed E-state index contributed by atoms with van der Waals surface area (Å²) in [5, 5.41) is 0.965. The molecule has 0 bridgehead atoms. The van der Waals surface area contributed by atoms with E-state index in [-0.39, 0.29) is 0 Å². The van der Waals surface area contributed by atoms with Gasteiger partial charge < -0.3 is 0 Å². The minimum Gasteiger partial charge on any atom is -0.297 e. The second-order valence-electron chi connectivity index (χ2n) is 5.84. The van der Waals surface area contributed by atoms with Crippen LogP contribution in [0.2, 0.25) is 10.0 Å². The van der Waals surface area contributed by atoms with Crippen molar-refractivity contribution in [1.29, 1.82) is 0 Å². The first-order chi connectivity index (χ1) is 11.8. The zero-order valence-electron chi connectivity index (χ0n) is 13.5. The number of amides is 3. The highest BCUT2D eigenvalue weighted by atomic mass is 35.5. The number of anilines is 2. The maximum Gasteiger partial charge on any atom is 0.337 e. The molecule has 0 radical (unpaired) electrons. The maximum atomic E-state index is 13.0. The van der Waals surface area contributed by atoms with Crippen molar-refractivity contribution in [1.82, 2.24) is 0 Å². The van der Waals surface area contributed by atoms with Gasteiger partial charge in [0.05, 0.1) is 5.69 Å². The number of Topliss-reactive ketones (excluding diaryl/α,β-unsaturated/α-hetero) is 1. The molecule has 0 spiro atoms. The minimum absolute atomic E-state index is 0.350. The molecular formula is C18H14Cl2N2O3. The van der Waals surface area contributed by atoms with Crippen molar-refractivity contribution in [3.8, 4) is 0 Å². The summed E-state index contributed by atoms with van der Waals surface area (Å²) in [6, 6.07) is 12.1. The van der Waals surface area contributed by atoms with Crippen molar-refractivity contribution < 1.29 is 14.4 Å².